The van der Waals surface area contributed by atoms with Crippen LogP contribution in [0.25, 0.3) is 0 Å². The number of amides is 1. The second kappa shape index (κ2) is 4.05. The van der Waals surface area contributed by atoms with Crippen molar-refractivity contribution in [3.63, 3.8) is 0 Å². The van der Waals surface area contributed by atoms with E-state index in [9.17, 15) is 4.79 Å². The summed E-state index contributed by atoms with van der Waals surface area (Å²) < 4.78 is 0. The molecule has 3 heteroatoms. The van der Waals surface area contributed by atoms with Gasteiger partial charge in [-0.15, -0.1) is 0 Å². The van der Waals surface area contributed by atoms with Gasteiger partial charge in [0.2, 0.25) is 0 Å². The molecule has 1 aromatic carbocycles. The molecule has 0 fully saturated rings. The largest absolute Gasteiger partial charge is 0.384 e. The fraction of sp³-hybridized carbons (Fsp3) is 0.300. The highest BCUT2D eigenvalue weighted by molar-refractivity contribution is 5.94. The summed E-state index contributed by atoms with van der Waals surface area (Å²) in [6.07, 6.45) is -0.973. The summed E-state index contributed by atoms with van der Waals surface area (Å²) in [5, 5.41) is 11.6. The fourth-order valence-electron chi connectivity index (χ4n) is 0.950. The van der Waals surface area contributed by atoms with Gasteiger partial charge in [-0.1, -0.05) is 18.2 Å². The highest BCUT2D eigenvalue weighted by Crippen LogP contribution is 2.12. The molecule has 0 aliphatic rings. The molecule has 1 aromatic rings. The monoisotopic (exact) mass is 179 g/mol. The summed E-state index contributed by atoms with van der Waals surface area (Å²) in [4.78, 5) is 11.1. The van der Waals surface area contributed by atoms with Crippen molar-refractivity contribution in [2.45, 2.75) is 20.0 Å². The maximum absolute atomic E-state index is 11.1. The van der Waals surface area contributed by atoms with E-state index in [1.807, 2.05) is 25.1 Å². The maximum atomic E-state index is 11.1. The number of rotatable bonds is 2. The lowest BCUT2D eigenvalue weighted by molar-refractivity contribution is -0.123. The quantitative estimate of drug-likeness (QED) is 0.719. The van der Waals surface area contributed by atoms with E-state index in [-0.39, 0.29) is 5.91 Å². The van der Waals surface area contributed by atoms with Crippen molar-refractivity contribution in [3.8, 4) is 0 Å². The van der Waals surface area contributed by atoms with Crippen molar-refractivity contribution >= 4 is 11.6 Å². The fourth-order valence-corrected chi connectivity index (χ4v) is 0.950. The highest BCUT2D eigenvalue weighted by Gasteiger charge is 2.08. The second-order valence-electron chi connectivity index (χ2n) is 2.98. The molecule has 0 heterocycles. The number of aliphatic hydroxyl groups excluding tert-OH is 1. The van der Waals surface area contributed by atoms with Crippen LogP contribution in [-0.2, 0) is 4.79 Å². The topological polar surface area (TPSA) is 49.3 Å². The van der Waals surface area contributed by atoms with Gasteiger partial charge in [0.05, 0.1) is 0 Å². The van der Waals surface area contributed by atoms with E-state index in [4.69, 9.17) is 5.11 Å². The van der Waals surface area contributed by atoms with Crippen LogP contribution in [-0.4, -0.2) is 17.1 Å². The third-order valence-corrected chi connectivity index (χ3v) is 1.78. The average molecular weight is 179 g/mol. The Hall–Kier alpha value is -1.35. The molecule has 0 radical (unpaired) electrons. The van der Waals surface area contributed by atoms with Gasteiger partial charge in [-0.2, -0.15) is 0 Å². The van der Waals surface area contributed by atoms with E-state index in [1.54, 1.807) is 6.07 Å². The number of nitrogens with one attached hydrogen (secondary N) is 1. The summed E-state index contributed by atoms with van der Waals surface area (Å²) in [6, 6.07) is 7.44. The first kappa shape index (κ1) is 9.74. The smallest absolute Gasteiger partial charge is 0.252 e. The molecular formula is C10H13NO2. The number of hydrogen-bond acceptors (Lipinski definition) is 2. The van der Waals surface area contributed by atoms with E-state index >= 15 is 0 Å². The number of carbonyl (C=O) groups is 1. The van der Waals surface area contributed by atoms with E-state index in [2.05, 4.69) is 5.32 Å². The number of benzene rings is 1. The van der Waals surface area contributed by atoms with E-state index < -0.39 is 6.10 Å². The zero-order chi connectivity index (χ0) is 9.84. The standard InChI is InChI=1S/C10H13NO2/c1-7-5-3-4-6-9(7)11-10(13)8(2)12/h3-6,8,12H,1-2H3,(H,11,13)/t8-/m1/s1. The molecule has 3 nitrogen and oxygen atoms in total. The highest BCUT2D eigenvalue weighted by atomic mass is 16.3. The number of para-hydroxylation sites is 1. The van der Waals surface area contributed by atoms with Gasteiger partial charge in [0.15, 0.2) is 0 Å². The Morgan fingerprint density at radius 3 is 2.62 bits per heavy atom. The first-order chi connectivity index (χ1) is 6.11. The number of hydrogen-bond donors (Lipinski definition) is 2. The normalized spacial score (nSPS) is 12.2. The van der Waals surface area contributed by atoms with Crippen LogP contribution in [0.5, 0.6) is 0 Å². The van der Waals surface area contributed by atoms with Crippen molar-refractivity contribution in [1.29, 1.82) is 0 Å². The molecule has 0 saturated carbocycles. The average Bonchev–Trinajstić information content (AvgIpc) is 2.08. The molecule has 0 unspecified atom stereocenters. The Morgan fingerprint density at radius 1 is 1.46 bits per heavy atom. The molecule has 1 atom stereocenters. The van der Waals surface area contributed by atoms with Crippen LogP contribution in [0.1, 0.15) is 12.5 Å². The van der Waals surface area contributed by atoms with Gasteiger partial charge in [-0.3, -0.25) is 4.79 Å². The number of aryl methyl sites for hydroxylation is 1. The zero-order valence-electron chi connectivity index (χ0n) is 7.74. The molecule has 0 spiro atoms. The zero-order valence-corrected chi connectivity index (χ0v) is 7.74. The van der Waals surface area contributed by atoms with Gasteiger partial charge in [-0.05, 0) is 25.5 Å². The molecule has 1 amide bonds. The summed E-state index contributed by atoms with van der Waals surface area (Å²) in [5.41, 5.74) is 1.73. The van der Waals surface area contributed by atoms with Crippen molar-refractivity contribution in [2.24, 2.45) is 0 Å². The lowest BCUT2D eigenvalue weighted by Gasteiger charge is -2.08. The molecule has 0 aliphatic heterocycles. The van der Waals surface area contributed by atoms with Gasteiger partial charge in [0.25, 0.3) is 5.91 Å². The molecular weight excluding hydrogens is 166 g/mol. The predicted octanol–water partition coefficient (Wildman–Crippen LogP) is 1.31. The lowest BCUT2D eigenvalue weighted by atomic mass is 10.2. The van der Waals surface area contributed by atoms with Crippen LogP contribution in [0.2, 0.25) is 0 Å². The second-order valence-corrected chi connectivity index (χ2v) is 2.98. The van der Waals surface area contributed by atoms with Gasteiger partial charge in [0, 0.05) is 5.69 Å². The lowest BCUT2D eigenvalue weighted by Crippen LogP contribution is -2.24. The Labute approximate surface area is 77.4 Å². The van der Waals surface area contributed by atoms with Gasteiger partial charge < -0.3 is 10.4 Å². The molecule has 13 heavy (non-hydrogen) atoms. The first-order valence-electron chi connectivity index (χ1n) is 4.16. The predicted molar refractivity (Wildman–Crippen MR) is 51.5 cm³/mol. The van der Waals surface area contributed by atoms with Crippen LogP contribution in [0, 0.1) is 6.92 Å². The van der Waals surface area contributed by atoms with Gasteiger partial charge in [0.1, 0.15) is 6.10 Å². The Morgan fingerprint density at radius 2 is 2.08 bits per heavy atom. The third kappa shape index (κ3) is 2.56. The van der Waals surface area contributed by atoms with E-state index in [1.165, 1.54) is 6.92 Å². The molecule has 70 valence electrons. The Kier molecular flexibility index (Phi) is 3.03. The van der Waals surface area contributed by atoms with E-state index in [0.717, 1.165) is 11.3 Å². The molecule has 0 aromatic heterocycles. The van der Waals surface area contributed by atoms with Crippen molar-refractivity contribution < 1.29 is 9.90 Å². The summed E-state index contributed by atoms with van der Waals surface area (Å²) >= 11 is 0. The van der Waals surface area contributed by atoms with Crippen LogP contribution in [0.15, 0.2) is 24.3 Å². The summed E-state index contributed by atoms with van der Waals surface area (Å²) in [7, 11) is 0. The number of aliphatic hydroxyl groups is 1. The minimum atomic E-state index is -0.973. The number of carbonyl (C=O) groups excluding carboxylic acids is 1. The van der Waals surface area contributed by atoms with Crippen LogP contribution < -0.4 is 5.32 Å². The summed E-state index contributed by atoms with van der Waals surface area (Å²) in [6.45, 7) is 3.34. The first-order valence-corrected chi connectivity index (χ1v) is 4.16. The Bertz CT molecular complexity index is 308. The minimum absolute atomic E-state index is 0.380. The molecule has 1 rings (SSSR count). The van der Waals surface area contributed by atoms with Gasteiger partial charge >= 0.3 is 0 Å². The minimum Gasteiger partial charge on any atom is -0.384 e. The van der Waals surface area contributed by atoms with Crippen LogP contribution >= 0.6 is 0 Å². The van der Waals surface area contributed by atoms with Crippen LogP contribution in [0.3, 0.4) is 0 Å². The molecule has 2 N–H and O–H groups in total. The maximum Gasteiger partial charge on any atom is 0.252 e. The molecule has 0 bridgehead atoms. The Balaban J connectivity index is 2.75. The molecule has 0 aliphatic carbocycles. The molecule has 0 saturated heterocycles. The summed E-state index contributed by atoms with van der Waals surface area (Å²) in [5.74, 6) is -0.380. The van der Waals surface area contributed by atoms with E-state index in [0.29, 0.717) is 0 Å². The van der Waals surface area contributed by atoms with Crippen molar-refractivity contribution in [2.75, 3.05) is 5.32 Å². The van der Waals surface area contributed by atoms with Crippen molar-refractivity contribution in [3.05, 3.63) is 29.8 Å². The van der Waals surface area contributed by atoms with Crippen molar-refractivity contribution in [1.82, 2.24) is 0 Å². The van der Waals surface area contributed by atoms with Gasteiger partial charge in [-0.25, -0.2) is 0 Å². The SMILES string of the molecule is Cc1ccccc1NC(=O)[C@@H](C)O. The number of anilines is 1. The third-order valence-electron chi connectivity index (χ3n) is 1.78. The van der Waals surface area contributed by atoms with Crippen LogP contribution in [0.4, 0.5) is 5.69 Å².